The van der Waals surface area contributed by atoms with Crippen molar-refractivity contribution in [2.24, 2.45) is 0 Å². The molecular formula is C10H13NY-2. The van der Waals surface area contributed by atoms with Crippen molar-refractivity contribution >= 4 is 5.69 Å². The van der Waals surface area contributed by atoms with Gasteiger partial charge in [0.05, 0.1) is 0 Å². The molecule has 0 fully saturated rings. The standard InChI is InChI=1S/C10H13N.Y/c1-3-6-9-7-4-5-8-10(9)11-2;/h4-5,7-8H,1,3,6H2,2H3;/q-2;. The van der Waals surface area contributed by atoms with Gasteiger partial charge < -0.3 is 12.2 Å². The Morgan fingerprint density at radius 3 is 2.58 bits per heavy atom. The zero-order valence-electron chi connectivity index (χ0n) is 7.46. The smallest absolute Gasteiger partial charge is 0 e. The number of rotatable bonds is 3. The summed E-state index contributed by atoms with van der Waals surface area (Å²) in [7, 11) is 1.82. The average molecular weight is 236 g/mol. The second-order valence-corrected chi connectivity index (χ2v) is 2.46. The fourth-order valence-corrected chi connectivity index (χ4v) is 1.13. The van der Waals surface area contributed by atoms with Gasteiger partial charge in [0, 0.05) is 32.7 Å². The van der Waals surface area contributed by atoms with E-state index in [0.717, 1.165) is 18.5 Å². The minimum Gasteiger partial charge on any atom is -0.687 e. The first kappa shape index (κ1) is 12.1. The first-order valence-corrected chi connectivity index (χ1v) is 3.85. The van der Waals surface area contributed by atoms with E-state index in [4.69, 9.17) is 0 Å². The summed E-state index contributed by atoms with van der Waals surface area (Å²) < 4.78 is 0. The fraction of sp³-hybridized carbons (Fsp3) is 0.300. The zero-order valence-corrected chi connectivity index (χ0v) is 10.3. The molecule has 0 aromatic heterocycles. The minimum atomic E-state index is 0. The number of hydrogen-bond donors (Lipinski definition) is 0. The Hall–Kier alpha value is 0.124. The molecule has 63 valence electrons. The molecule has 2 heteroatoms. The van der Waals surface area contributed by atoms with E-state index in [9.17, 15) is 0 Å². The van der Waals surface area contributed by atoms with Crippen molar-refractivity contribution in [1.82, 2.24) is 0 Å². The maximum absolute atomic E-state index is 4.16. The predicted molar refractivity (Wildman–Crippen MR) is 49.1 cm³/mol. The largest absolute Gasteiger partial charge is 0.687 e. The number of benzene rings is 1. The van der Waals surface area contributed by atoms with Crippen molar-refractivity contribution in [2.45, 2.75) is 12.8 Å². The summed E-state index contributed by atoms with van der Waals surface area (Å²) in [6.07, 6.45) is 1.96. The Balaban J connectivity index is 0.00000121. The molecule has 0 bridgehead atoms. The molecule has 1 rings (SSSR count). The van der Waals surface area contributed by atoms with Crippen LogP contribution in [0.4, 0.5) is 5.69 Å². The molecule has 0 spiro atoms. The number of aryl methyl sites for hydroxylation is 1. The first-order valence-electron chi connectivity index (χ1n) is 3.85. The van der Waals surface area contributed by atoms with Crippen LogP contribution in [0.25, 0.3) is 5.32 Å². The van der Waals surface area contributed by atoms with Gasteiger partial charge in [-0.05, 0) is 0 Å². The molecular weight excluding hydrogens is 223 g/mol. The molecule has 0 aliphatic carbocycles. The van der Waals surface area contributed by atoms with Gasteiger partial charge >= 0.3 is 0 Å². The Morgan fingerprint density at radius 2 is 2.00 bits per heavy atom. The Labute approximate surface area is 99.8 Å². The fourth-order valence-electron chi connectivity index (χ4n) is 1.13. The van der Waals surface area contributed by atoms with Gasteiger partial charge in [0.15, 0.2) is 0 Å². The molecule has 0 aliphatic heterocycles. The van der Waals surface area contributed by atoms with Gasteiger partial charge in [-0.1, -0.05) is 36.2 Å². The van der Waals surface area contributed by atoms with Crippen LogP contribution in [0.15, 0.2) is 24.3 Å². The molecule has 12 heavy (non-hydrogen) atoms. The normalized spacial score (nSPS) is 8.83. The summed E-state index contributed by atoms with van der Waals surface area (Å²) in [6.45, 7) is 3.81. The van der Waals surface area contributed by atoms with Gasteiger partial charge in [-0.2, -0.15) is 6.42 Å². The quantitative estimate of drug-likeness (QED) is 0.716. The average Bonchev–Trinajstić information content (AvgIpc) is 2.06. The molecule has 0 amide bonds. The maximum atomic E-state index is 4.16. The molecule has 1 radical (unpaired) electrons. The van der Waals surface area contributed by atoms with Crippen LogP contribution in [-0.2, 0) is 39.1 Å². The molecule has 1 aromatic rings. The van der Waals surface area contributed by atoms with Crippen molar-refractivity contribution in [1.29, 1.82) is 0 Å². The molecule has 0 atom stereocenters. The van der Waals surface area contributed by atoms with E-state index in [1.807, 2.05) is 25.2 Å². The summed E-state index contributed by atoms with van der Waals surface area (Å²) in [5.74, 6) is 0. The Bertz CT molecular complexity index is 223. The molecule has 0 saturated carbocycles. The molecule has 0 unspecified atom stereocenters. The number of nitrogens with zero attached hydrogens (tertiary/aromatic N) is 1. The van der Waals surface area contributed by atoms with E-state index in [0.29, 0.717) is 0 Å². The summed E-state index contributed by atoms with van der Waals surface area (Å²) in [4.78, 5) is 0. The second kappa shape index (κ2) is 6.62. The van der Waals surface area contributed by atoms with Crippen molar-refractivity contribution in [2.75, 3.05) is 7.05 Å². The van der Waals surface area contributed by atoms with Crippen LogP contribution in [0.3, 0.4) is 0 Å². The molecule has 1 nitrogen and oxygen atoms in total. The molecule has 0 N–H and O–H groups in total. The molecule has 1 aromatic carbocycles. The molecule has 0 aliphatic rings. The molecule has 0 saturated heterocycles. The van der Waals surface area contributed by atoms with E-state index in [2.05, 4.69) is 18.3 Å². The third-order valence-electron chi connectivity index (χ3n) is 1.68. The van der Waals surface area contributed by atoms with Crippen LogP contribution in [0.2, 0.25) is 0 Å². The van der Waals surface area contributed by atoms with Gasteiger partial charge in [-0.15, -0.1) is 12.7 Å². The summed E-state index contributed by atoms with van der Waals surface area (Å²) in [6, 6.07) is 8.19. The van der Waals surface area contributed by atoms with E-state index < -0.39 is 0 Å². The van der Waals surface area contributed by atoms with E-state index in [1.54, 1.807) is 0 Å². The minimum absolute atomic E-state index is 0. The summed E-state index contributed by atoms with van der Waals surface area (Å²) in [5, 5.41) is 4.16. The van der Waals surface area contributed by atoms with Gasteiger partial charge in [0.1, 0.15) is 0 Å². The van der Waals surface area contributed by atoms with Crippen LogP contribution in [-0.4, -0.2) is 7.05 Å². The van der Waals surface area contributed by atoms with Crippen LogP contribution in [0, 0.1) is 6.92 Å². The van der Waals surface area contributed by atoms with Crippen molar-refractivity contribution in [3.63, 3.8) is 0 Å². The van der Waals surface area contributed by atoms with Crippen molar-refractivity contribution in [3.8, 4) is 0 Å². The molecule has 0 heterocycles. The second-order valence-electron chi connectivity index (χ2n) is 2.46. The first-order chi connectivity index (χ1) is 5.38. The topological polar surface area (TPSA) is 14.1 Å². The van der Waals surface area contributed by atoms with E-state index >= 15 is 0 Å². The number of hydrogen-bond acceptors (Lipinski definition) is 0. The SMILES string of the molecule is [CH2-]CCc1ccccc1[N-]C.[Y]. The van der Waals surface area contributed by atoms with Gasteiger partial charge in [-0.25, -0.2) is 0 Å². The Morgan fingerprint density at radius 1 is 1.33 bits per heavy atom. The van der Waals surface area contributed by atoms with Crippen LogP contribution in [0.5, 0.6) is 0 Å². The van der Waals surface area contributed by atoms with Crippen molar-refractivity contribution < 1.29 is 32.7 Å². The third-order valence-corrected chi connectivity index (χ3v) is 1.68. The van der Waals surface area contributed by atoms with Crippen LogP contribution >= 0.6 is 0 Å². The van der Waals surface area contributed by atoms with Gasteiger partial charge in [0.25, 0.3) is 0 Å². The van der Waals surface area contributed by atoms with Gasteiger partial charge in [-0.3, -0.25) is 0 Å². The van der Waals surface area contributed by atoms with Crippen molar-refractivity contribution in [3.05, 3.63) is 42.1 Å². The predicted octanol–water partition coefficient (Wildman–Crippen LogP) is 3.09. The maximum Gasteiger partial charge on any atom is 0 e. The summed E-state index contributed by atoms with van der Waals surface area (Å²) >= 11 is 0. The Kier molecular flexibility index (Phi) is 6.69. The zero-order chi connectivity index (χ0) is 8.10. The summed E-state index contributed by atoms with van der Waals surface area (Å²) in [5.41, 5.74) is 2.39. The van der Waals surface area contributed by atoms with Crippen LogP contribution in [0.1, 0.15) is 12.0 Å². The monoisotopic (exact) mass is 236 g/mol. The van der Waals surface area contributed by atoms with Gasteiger partial charge in [0.2, 0.25) is 0 Å². The van der Waals surface area contributed by atoms with E-state index in [1.165, 1.54) is 5.56 Å². The van der Waals surface area contributed by atoms with Crippen LogP contribution < -0.4 is 0 Å². The van der Waals surface area contributed by atoms with E-state index in [-0.39, 0.29) is 32.7 Å². The number of para-hydroxylation sites is 1. The third kappa shape index (κ3) is 3.24.